The highest BCUT2D eigenvalue weighted by molar-refractivity contribution is 6.34. The maximum absolute atomic E-state index is 7.44. The molecule has 1 aromatic carbocycles. The number of rotatable bonds is 6. The van der Waals surface area contributed by atoms with Gasteiger partial charge in [0.2, 0.25) is 0 Å². The van der Waals surface area contributed by atoms with Crippen LogP contribution in [0, 0.1) is 5.41 Å². The zero-order valence-corrected chi connectivity index (χ0v) is 11.5. The minimum atomic E-state index is 0.0260. The summed E-state index contributed by atoms with van der Waals surface area (Å²) in [7, 11) is 0. The van der Waals surface area contributed by atoms with E-state index in [1.54, 1.807) is 0 Å². The van der Waals surface area contributed by atoms with Crippen molar-refractivity contribution in [3.05, 3.63) is 28.8 Å². The molecule has 98 valence electrons. The van der Waals surface area contributed by atoms with Crippen LogP contribution in [-0.4, -0.2) is 18.4 Å². The Morgan fingerprint density at radius 3 is 2.72 bits per heavy atom. The average Bonchev–Trinajstić information content (AvgIpc) is 3.13. The molecule has 1 aliphatic rings. The Morgan fingerprint density at radius 2 is 2.22 bits per heavy atom. The van der Waals surface area contributed by atoms with Crippen LogP contribution >= 0.6 is 11.6 Å². The van der Waals surface area contributed by atoms with Crippen molar-refractivity contribution < 1.29 is 0 Å². The van der Waals surface area contributed by atoms with Crippen molar-refractivity contribution in [1.82, 2.24) is 0 Å². The number of amidine groups is 1. The van der Waals surface area contributed by atoms with Gasteiger partial charge in [-0.2, -0.15) is 0 Å². The molecule has 0 spiro atoms. The number of hydrogen-bond donors (Lipinski definition) is 2. The Labute approximate surface area is 113 Å². The van der Waals surface area contributed by atoms with Crippen LogP contribution in [0.3, 0.4) is 0 Å². The van der Waals surface area contributed by atoms with E-state index in [-0.39, 0.29) is 5.84 Å². The fraction of sp³-hybridized carbons (Fsp3) is 0.500. The number of nitrogens with two attached hydrogens (primary N) is 1. The zero-order valence-electron chi connectivity index (χ0n) is 10.7. The van der Waals surface area contributed by atoms with Crippen molar-refractivity contribution >= 4 is 23.1 Å². The lowest BCUT2D eigenvalue weighted by Gasteiger charge is -2.25. The maximum Gasteiger partial charge on any atom is 0.124 e. The van der Waals surface area contributed by atoms with Gasteiger partial charge in [0.1, 0.15) is 5.84 Å². The zero-order chi connectivity index (χ0) is 13.1. The predicted octanol–water partition coefficient (Wildman–Crippen LogP) is 3.39. The van der Waals surface area contributed by atoms with Crippen molar-refractivity contribution in [3.63, 3.8) is 0 Å². The Bertz CT molecular complexity index is 441. The number of nitrogens with zero attached hydrogens (tertiary/aromatic N) is 1. The largest absolute Gasteiger partial charge is 0.384 e. The van der Waals surface area contributed by atoms with Crippen molar-refractivity contribution in [2.45, 2.75) is 38.6 Å². The highest BCUT2D eigenvalue weighted by atomic mass is 35.5. The fourth-order valence-electron chi connectivity index (χ4n) is 2.14. The molecule has 0 bridgehead atoms. The van der Waals surface area contributed by atoms with Gasteiger partial charge in [0, 0.05) is 23.8 Å². The summed E-state index contributed by atoms with van der Waals surface area (Å²) in [5, 5.41) is 8.01. The second kappa shape index (κ2) is 5.61. The number of anilines is 1. The molecule has 0 heterocycles. The first-order valence-corrected chi connectivity index (χ1v) is 6.92. The number of benzene rings is 1. The molecule has 18 heavy (non-hydrogen) atoms. The lowest BCUT2D eigenvalue weighted by atomic mass is 10.1. The number of unbranched alkanes of at least 4 members (excludes halogenated alkanes) is 1. The fourth-order valence-corrected chi connectivity index (χ4v) is 2.41. The van der Waals surface area contributed by atoms with Crippen molar-refractivity contribution in [2.75, 3.05) is 11.4 Å². The first-order chi connectivity index (χ1) is 8.63. The van der Waals surface area contributed by atoms with E-state index in [1.165, 1.54) is 25.7 Å². The Kier molecular flexibility index (Phi) is 4.12. The summed E-state index contributed by atoms with van der Waals surface area (Å²) in [6, 6.07) is 6.49. The Morgan fingerprint density at radius 1 is 1.50 bits per heavy atom. The third-order valence-corrected chi connectivity index (χ3v) is 3.63. The van der Waals surface area contributed by atoms with Crippen LogP contribution in [0.2, 0.25) is 5.02 Å². The molecule has 0 aromatic heterocycles. The van der Waals surface area contributed by atoms with E-state index < -0.39 is 0 Å². The number of nitrogens with one attached hydrogen (secondary N) is 1. The van der Waals surface area contributed by atoms with Crippen LogP contribution in [0.1, 0.15) is 38.2 Å². The first-order valence-electron chi connectivity index (χ1n) is 6.54. The molecule has 0 saturated heterocycles. The summed E-state index contributed by atoms with van der Waals surface area (Å²) < 4.78 is 0. The normalized spacial score (nSPS) is 14.6. The van der Waals surface area contributed by atoms with Gasteiger partial charge in [-0.05, 0) is 37.5 Å². The van der Waals surface area contributed by atoms with Gasteiger partial charge in [0.15, 0.2) is 0 Å². The molecule has 0 aliphatic heterocycles. The van der Waals surface area contributed by atoms with Gasteiger partial charge < -0.3 is 10.6 Å². The van der Waals surface area contributed by atoms with E-state index in [0.29, 0.717) is 16.6 Å². The Balaban J connectivity index is 2.19. The third kappa shape index (κ3) is 2.96. The molecule has 3 nitrogen and oxygen atoms in total. The van der Waals surface area contributed by atoms with Crippen LogP contribution in [0.5, 0.6) is 0 Å². The molecule has 4 heteroatoms. The number of nitrogen functional groups attached to an aromatic ring is 1. The van der Waals surface area contributed by atoms with Crippen LogP contribution in [0.4, 0.5) is 5.69 Å². The molecule has 0 atom stereocenters. The second-order valence-electron chi connectivity index (χ2n) is 4.86. The lowest BCUT2D eigenvalue weighted by Crippen LogP contribution is -2.26. The second-order valence-corrected chi connectivity index (χ2v) is 5.26. The number of halogens is 1. The highest BCUT2D eigenvalue weighted by Crippen LogP contribution is 2.33. The van der Waals surface area contributed by atoms with E-state index in [0.717, 1.165) is 12.2 Å². The topological polar surface area (TPSA) is 53.1 Å². The molecule has 0 amide bonds. The molecule has 1 fully saturated rings. The van der Waals surface area contributed by atoms with Gasteiger partial charge in [0.05, 0.1) is 5.02 Å². The molecule has 2 rings (SSSR count). The smallest absolute Gasteiger partial charge is 0.124 e. The molecular formula is C14H20ClN3. The summed E-state index contributed by atoms with van der Waals surface area (Å²) in [5.41, 5.74) is 7.25. The quantitative estimate of drug-likeness (QED) is 0.612. The average molecular weight is 266 g/mol. The molecule has 0 unspecified atom stereocenters. The molecular weight excluding hydrogens is 246 g/mol. The summed E-state index contributed by atoms with van der Waals surface area (Å²) in [5.74, 6) is 0.0260. The van der Waals surface area contributed by atoms with Crippen LogP contribution in [0.25, 0.3) is 0 Å². The van der Waals surface area contributed by atoms with E-state index in [9.17, 15) is 0 Å². The van der Waals surface area contributed by atoms with E-state index in [1.807, 2.05) is 18.2 Å². The molecule has 0 radical (unpaired) electrons. The van der Waals surface area contributed by atoms with Gasteiger partial charge in [-0.3, -0.25) is 5.41 Å². The standard InChI is InChI=1S/C14H20ClN3/c1-2-3-8-18(10-4-5-10)11-6-7-12(14(16)17)13(15)9-11/h6-7,9-10H,2-5,8H2,1H3,(H3,16,17). The van der Waals surface area contributed by atoms with E-state index in [4.69, 9.17) is 22.7 Å². The molecule has 1 aromatic rings. The van der Waals surface area contributed by atoms with Gasteiger partial charge in [-0.25, -0.2) is 0 Å². The predicted molar refractivity (Wildman–Crippen MR) is 77.7 cm³/mol. The van der Waals surface area contributed by atoms with Crippen LogP contribution in [-0.2, 0) is 0 Å². The minimum absolute atomic E-state index is 0.0260. The lowest BCUT2D eigenvalue weighted by molar-refractivity contribution is 0.713. The van der Waals surface area contributed by atoms with Crippen molar-refractivity contribution in [2.24, 2.45) is 5.73 Å². The van der Waals surface area contributed by atoms with Gasteiger partial charge in [-0.1, -0.05) is 24.9 Å². The summed E-state index contributed by atoms with van der Waals surface area (Å²) in [6.45, 7) is 3.29. The van der Waals surface area contributed by atoms with Gasteiger partial charge >= 0.3 is 0 Å². The number of hydrogen-bond acceptors (Lipinski definition) is 2. The summed E-state index contributed by atoms with van der Waals surface area (Å²) >= 11 is 6.18. The van der Waals surface area contributed by atoms with E-state index in [2.05, 4.69) is 11.8 Å². The van der Waals surface area contributed by atoms with Crippen LogP contribution in [0.15, 0.2) is 18.2 Å². The van der Waals surface area contributed by atoms with E-state index >= 15 is 0 Å². The van der Waals surface area contributed by atoms with Crippen LogP contribution < -0.4 is 10.6 Å². The molecule has 3 N–H and O–H groups in total. The summed E-state index contributed by atoms with van der Waals surface area (Å²) in [6.07, 6.45) is 4.94. The van der Waals surface area contributed by atoms with Crippen molar-refractivity contribution in [1.29, 1.82) is 5.41 Å². The van der Waals surface area contributed by atoms with Gasteiger partial charge in [0.25, 0.3) is 0 Å². The monoisotopic (exact) mass is 265 g/mol. The van der Waals surface area contributed by atoms with Crippen molar-refractivity contribution in [3.8, 4) is 0 Å². The summed E-state index contributed by atoms with van der Waals surface area (Å²) in [4.78, 5) is 2.43. The Hall–Kier alpha value is -1.22. The SMILES string of the molecule is CCCCN(c1ccc(C(=N)N)c(Cl)c1)C1CC1. The maximum atomic E-state index is 7.44. The minimum Gasteiger partial charge on any atom is -0.384 e. The molecule has 1 saturated carbocycles. The van der Waals surface area contributed by atoms with Gasteiger partial charge in [-0.15, -0.1) is 0 Å². The molecule has 1 aliphatic carbocycles. The first kappa shape index (κ1) is 13.2. The third-order valence-electron chi connectivity index (χ3n) is 3.31. The highest BCUT2D eigenvalue weighted by Gasteiger charge is 2.29.